The zero-order valence-electron chi connectivity index (χ0n) is 13.6. The summed E-state index contributed by atoms with van der Waals surface area (Å²) in [6.45, 7) is 3.97. The van der Waals surface area contributed by atoms with Crippen LogP contribution in [0, 0.1) is 0 Å². The molecular weight excluding hydrogens is 332 g/mol. The highest BCUT2D eigenvalue weighted by Gasteiger charge is 2.46. The number of nitrogens with zero attached hydrogens (tertiary/aromatic N) is 1. The van der Waals surface area contributed by atoms with Crippen LogP contribution in [-0.2, 0) is 16.0 Å². The summed E-state index contributed by atoms with van der Waals surface area (Å²) in [4.78, 5) is 2.20. The molecule has 0 aromatic heterocycles. The lowest BCUT2D eigenvalue weighted by molar-refractivity contribution is -0.0225. The molecule has 0 saturated carbocycles. The molecule has 0 unspecified atom stereocenters. The minimum absolute atomic E-state index is 0.127. The second kappa shape index (κ2) is 8.58. The van der Waals surface area contributed by atoms with E-state index in [9.17, 15) is 10.2 Å². The zero-order valence-corrected chi connectivity index (χ0v) is 14.4. The van der Waals surface area contributed by atoms with Gasteiger partial charge in [0.05, 0.1) is 32.0 Å². The molecule has 2 saturated heterocycles. The van der Waals surface area contributed by atoms with Crippen LogP contribution in [0.2, 0.25) is 5.02 Å². The fourth-order valence-electron chi connectivity index (χ4n) is 3.48. The van der Waals surface area contributed by atoms with Gasteiger partial charge in [0, 0.05) is 31.2 Å². The van der Waals surface area contributed by atoms with Crippen molar-refractivity contribution in [2.45, 2.75) is 30.9 Å². The van der Waals surface area contributed by atoms with E-state index in [4.69, 9.17) is 21.1 Å². The Morgan fingerprint density at radius 1 is 1.25 bits per heavy atom. The van der Waals surface area contributed by atoms with Crippen molar-refractivity contribution in [1.82, 2.24) is 10.2 Å². The van der Waals surface area contributed by atoms with Crippen LogP contribution in [0.1, 0.15) is 5.56 Å². The number of rotatable bonds is 6. The first-order chi connectivity index (χ1) is 11.7. The summed E-state index contributed by atoms with van der Waals surface area (Å²) in [5.74, 6) is 0. The molecular formula is C17H25ClN2O4. The van der Waals surface area contributed by atoms with Gasteiger partial charge in [0.1, 0.15) is 12.2 Å². The maximum atomic E-state index is 10.5. The Balaban J connectivity index is 1.59. The summed E-state index contributed by atoms with van der Waals surface area (Å²) in [6.07, 6.45) is -1.39. The smallest absolute Gasteiger partial charge is 0.109 e. The van der Waals surface area contributed by atoms with Gasteiger partial charge in [-0.25, -0.2) is 0 Å². The molecule has 0 aliphatic carbocycles. The van der Waals surface area contributed by atoms with E-state index < -0.39 is 12.2 Å². The van der Waals surface area contributed by atoms with E-state index in [1.807, 2.05) is 24.3 Å². The number of hydrogen-bond donors (Lipinski definition) is 3. The Labute approximate surface area is 147 Å². The number of morpholine rings is 1. The average molecular weight is 357 g/mol. The minimum atomic E-state index is -0.689. The Kier molecular flexibility index (Phi) is 6.46. The van der Waals surface area contributed by atoms with Gasteiger partial charge in [0.15, 0.2) is 0 Å². The van der Waals surface area contributed by atoms with Crippen molar-refractivity contribution in [2.75, 3.05) is 39.5 Å². The second-order valence-electron chi connectivity index (χ2n) is 6.29. The molecule has 0 spiro atoms. The second-order valence-corrected chi connectivity index (χ2v) is 6.72. The van der Waals surface area contributed by atoms with Crippen LogP contribution in [0.15, 0.2) is 24.3 Å². The van der Waals surface area contributed by atoms with E-state index in [-0.39, 0.29) is 18.8 Å². The van der Waals surface area contributed by atoms with Gasteiger partial charge in [-0.2, -0.15) is 0 Å². The molecule has 1 aromatic carbocycles. The fourth-order valence-corrected chi connectivity index (χ4v) is 3.69. The minimum Gasteiger partial charge on any atom is -0.394 e. The number of hydrogen-bond acceptors (Lipinski definition) is 6. The average Bonchev–Trinajstić information content (AvgIpc) is 2.91. The van der Waals surface area contributed by atoms with Crippen LogP contribution in [0.25, 0.3) is 0 Å². The standard InChI is InChI=1S/C17H25ClN2O4/c18-13-3-1-2-12(8-13)9-19-10-14-16(17(22)15(11-21)24-14)20-4-6-23-7-5-20/h1-3,8,14-17,19,21-22H,4-7,9-11H2/t14-,15+,16-,17-/m1/s1. The van der Waals surface area contributed by atoms with Gasteiger partial charge in [0.25, 0.3) is 0 Å². The van der Waals surface area contributed by atoms with Crippen LogP contribution < -0.4 is 5.32 Å². The number of ether oxygens (including phenoxy) is 2. The summed E-state index contributed by atoms with van der Waals surface area (Å²) >= 11 is 6.00. The maximum absolute atomic E-state index is 10.5. The summed E-state index contributed by atoms with van der Waals surface area (Å²) in [5.41, 5.74) is 1.10. The van der Waals surface area contributed by atoms with Crippen LogP contribution in [0.4, 0.5) is 0 Å². The number of halogens is 1. The van der Waals surface area contributed by atoms with Crippen molar-refractivity contribution >= 4 is 11.6 Å². The first-order valence-electron chi connectivity index (χ1n) is 8.40. The summed E-state index contributed by atoms with van der Waals surface area (Å²) in [5, 5.41) is 24.0. The van der Waals surface area contributed by atoms with Crippen molar-refractivity contribution in [3.05, 3.63) is 34.9 Å². The Morgan fingerprint density at radius 2 is 2.04 bits per heavy atom. The van der Waals surface area contributed by atoms with Crippen LogP contribution in [0.5, 0.6) is 0 Å². The van der Waals surface area contributed by atoms with Gasteiger partial charge in [0.2, 0.25) is 0 Å². The molecule has 1 aromatic rings. The lowest BCUT2D eigenvalue weighted by Gasteiger charge is -2.36. The first-order valence-corrected chi connectivity index (χ1v) is 8.78. The van der Waals surface area contributed by atoms with Crippen molar-refractivity contribution in [3.63, 3.8) is 0 Å². The first kappa shape index (κ1) is 18.1. The third-order valence-corrected chi connectivity index (χ3v) is 4.91. The normalized spacial score (nSPS) is 31.5. The molecule has 7 heteroatoms. The van der Waals surface area contributed by atoms with Gasteiger partial charge < -0.3 is 25.0 Å². The highest BCUT2D eigenvalue weighted by Crippen LogP contribution is 2.26. The molecule has 24 heavy (non-hydrogen) atoms. The van der Waals surface area contributed by atoms with E-state index in [1.165, 1.54) is 0 Å². The number of benzene rings is 1. The van der Waals surface area contributed by atoms with Gasteiger partial charge in [-0.05, 0) is 17.7 Å². The van der Waals surface area contributed by atoms with Crippen molar-refractivity contribution in [1.29, 1.82) is 0 Å². The van der Waals surface area contributed by atoms with E-state index >= 15 is 0 Å². The lowest BCUT2D eigenvalue weighted by Crippen LogP contribution is -2.54. The zero-order chi connectivity index (χ0) is 16.9. The molecule has 6 nitrogen and oxygen atoms in total. The largest absolute Gasteiger partial charge is 0.394 e. The number of nitrogens with one attached hydrogen (secondary N) is 1. The molecule has 3 N–H and O–H groups in total. The predicted molar refractivity (Wildman–Crippen MR) is 91.1 cm³/mol. The number of aliphatic hydroxyl groups is 2. The van der Waals surface area contributed by atoms with Crippen LogP contribution in [0.3, 0.4) is 0 Å². The van der Waals surface area contributed by atoms with E-state index in [1.54, 1.807) is 0 Å². The molecule has 2 fully saturated rings. The quantitative estimate of drug-likeness (QED) is 0.678. The van der Waals surface area contributed by atoms with Gasteiger partial charge >= 0.3 is 0 Å². The summed E-state index contributed by atoms with van der Waals surface area (Å²) in [7, 11) is 0. The molecule has 0 bridgehead atoms. The van der Waals surface area contributed by atoms with Crippen molar-refractivity contribution < 1.29 is 19.7 Å². The van der Waals surface area contributed by atoms with E-state index in [2.05, 4.69) is 10.2 Å². The molecule has 4 atom stereocenters. The van der Waals surface area contributed by atoms with Crippen molar-refractivity contribution in [2.24, 2.45) is 0 Å². The highest BCUT2D eigenvalue weighted by molar-refractivity contribution is 6.30. The highest BCUT2D eigenvalue weighted by atomic mass is 35.5. The topological polar surface area (TPSA) is 74.2 Å². The Morgan fingerprint density at radius 3 is 2.75 bits per heavy atom. The summed E-state index contributed by atoms with van der Waals surface area (Å²) in [6, 6.07) is 7.58. The monoisotopic (exact) mass is 356 g/mol. The third-order valence-electron chi connectivity index (χ3n) is 4.67. The number of aliphatic hydroxyl groups excluding tert-OH is 2. The molecule has 134 valence electrons. The molecule has 3 rings (SSSR count). The lowest BCUT2D eigenvalue weighted by atomic mass is 10.0. The summed E-state index contributed by atoms with van der Waals surface area (Å²) < 4.78 is 11.3. The van der Waals surface area contributed by atoms with E-state index in [0.717, 1.165) is 18.7 Å². The Bertz CT molecular complexity index is 527. The SMILES string of the molecule is OC[C@@H]1O[C@H](CNCc2cccc(Cl)c2)[C@@H](N2CCOCC2)[C@@H]1O. The fraction of sp³-hybridized carbons (Fsp3) is 0.647. The molecule has 2 aliphatic rings. The predicted octanol–water partition coefficient (Wildman–Crippen LogP) is 0.251. The van der Waals surface area contributed by atoms with E-state index in [0.29, 0.717) is 31.3 Å². The Hall–Kier alpha value is -0.730. The van der Waals surface area contributed by atoms with Gasteiger partial charge in [-0.15, -0.1) is 0 Å². The van der Waals surface area contributed by atoms with Gasteiger partial charge in [-0.3, -0.25) is 4.90 Å². The van der Waals surface area contributed by atoms with Crippen LogP contribution in [-0.4, -0.2) is 78.9 Å². The maximum Gasteiger partial charge on any atom is 0.109 e. The van der Waals surface area contributed by atoms with Gasteiger partial charge in [-0.1, -0.05) is 23.7 Å². The molecule has 2 aliphatic heterocycles. The third kappa shape index (κ3) is 4.26. The molecule has 0 amide bonds. The van der Waals surface area contributed by atoms with Crippen LogP contribution >= 0.6 is 11.6 Å². The molecule has 2 heterocycles. The molecule has 0 radical (unpaired) electrons. The van der Waals surface area contributed by atoms with Crippen molar-refractivity contribution in [3.8, 4) is 0 Å².